The van der Waals surface area contributed by atoms with Crippen molar-refractivity contribution >= 4 is 16.7 Å². The first-order valence-electron chi connectivity index (χ1n) is 8.87. The van der Waals surface area contributed by atoms with Crippen LogP contribution >= 0.6 is 0 Å². The van der Waals surface area contributed by atoms with E-state index in [2.05, 4.69) is 25.3 Å². The minimum atomic E-state index is -0.246. The Balaban J connectivity index is 1.70. The largest absolute Gasteiger partial charge is 0.497 e. The number of methoxy groups -OCH3 is 1. The standard InChI is InChI=1S/C19H16N8O2/c1-11-22-23-12(2)27(11)25-9-8-16-15(18(25)28)10-20-19-21-17(24-26(16)19)13-4-6-14(29-3)7-5-13/h4-10H,1-3H3. The zero-order valence-corrected chi connectivity index (χ0v) is 15.9. The molecule has 0 aliphatic heterocycles. The van der Waals surface area contributed by atoms with E-state index >= 15 is 0 Å². The van der Waals surface area contributed by atoms with E-state index in [-0.39, 0.29) is 5.56 Å². The first-order chi connectivity index (χ1) is 14.1. The van der Waals surface area contributed by atoms with Gasteiger partial charge in [-0.05, 0) is 44.2 Å². The van der Waals surface area contributed by atoms with Crippen LogP contribution in [0.25, 0.3) is 28.1 Å². The van der Waals surface area contributed by atoms with Crippen molar-refractivity contribution in [2.75, 3.05) is 7.11 Å². The summed E-state index contributed by atoms with van der Waals surface area (Å²) in [7, 11) is 1.61. The highest BCUT2D eigenvalue weighted by molar-refractivity contribution is 5.79. The van der Waals surface area contributed by atoms with E-state index in [0.29, 0.717) is 34.2 Å². The summed E-state index contributed by atoms with van der Waals surface area (Å²) in [5, 5.41) is 13.0. The van der Waals surface area contributed by atoms with Gasteiger partial charge < -0.3 is 4.74 Å². The fourth-order valence-electron chi connectivity index (χ4n) is 3.30. The minimum absolute atomic E-state index is 0.246. The van der Waals surface area contributed by atoms with Crippen LogP contribution in [0.2, 0.25) is 0 Å². The van der Waals surface area contributed by atoms with Gasteiger partial charge in [-0.1, -0.05) is 0 Å². The third-order valence-electron chi connectivity index (χ3n) is 4.73. The number of aromatic nitrogens is 8. The summed E-state index contributed by atoms with van der Waals surface area (Å²) < 4.78 is 9.87. The number of hydrogen-bond acceptors (Lipinski definition) is 7. The van der Waals surface area contributed by atoms with Crippen LogP contribution in [0.3, 0.4) is 0 Å². The number of fused-ring (bicyclic) bond motifs is 3. The van der Waals surface area contributed by atoms with Gasteiger partial charge in [0.2, 0.25) is 0 Å². The van der Waals surface area contributed by atoms with Gasteiger partial charge in [0, 0.05) is 18.0 Å². The van der Waals surface area contributed by atoms with Gasteiger partial charge >= 0.3 is 0 Å². The number of ether oxygens (including phenoxy) is 1. The maximum absolute atomic E-state index is 13.1. The van der Waals surface area contributed by atoms with Crippen LogP contribution in [0.1, 0.15) is 11.6 Å². The quantitative estimate of drug-likeness (QED) is 0.463. The molecule has 0 saturated carbocycles. The van der Waals surface area contributed by atoms with Gasteiger partial charge in [0.25, 0.3) is 11.3 Å². The van der Waals surface area contributed by atoms with Crippen LogP contribution in [-0.4, -0.2) is 46.2 Å². The molecular formula is C19H16N8O2. The summed E-state index contributed by atoms with van der Waals surface area (Å²) >= 11 is 0. The molecule has 144 valence electrons. The van der Waals surface area contributed by atoms with Crippen molar-refractivity contribution in [2.45, 2.75) is 13.8 Å². The Morgan fingerprint density at radius 3 is 2.41 bits per heavy atom. The number of rotatable bonds is 3. The average molecular weight is 388 g/mol. The van der Waals surface area contributed by atoms with E-state index in [4.69, 9.17) is 4.74 Å². The highest BCUT2D eigenvalue weighted by Crippen LogP contribution is 2.21. The Morgan fingerprint density at radius 2 is 1.72 bits per heavy atom. The van der Waals surface area contributed by atoms with Crippen molar-refractivity contribution in [1.82, 2.24) is 39.1 Å². The van der Waals surface area contributed by atoms with Crippen molar-refractivity contribution in [3.05, 3.63) is 64.7 Å². The molecule has 0 aliphatic rings. The van der Waals surface area contributed by atoms with E-state index in [1.165, 1.54) is 10.9 Å². The van der Waals surface area contributed by atoms with Crippen LogP contribution in [0.4, 0.5) is 0 Å². The summed E-state index contributed by atoms with van der Waals surface area (Å²) in [6.45, 7) is 3.58. The second-order valence-electron chi connectivity index (χ2n) is 6.50. The molecule has 10 heteroatoms. The molecular weight excluding hydrogens is 372 g/mol. The highest BCUT2D eigenvalue weighted by Gasteiger charge is 2.15. The third-order valence-corrected chi connectivity index (χ3v) is 4.73. The second kappa shape index (κ2) is 6.23. The normalized spacial score (nSPS) is 11.4. The minimum Gasteiger partial charge on any atom is -0.497 e. The van der Waals surface area contributed by atoms with Crippen molar-refractivity contribution in [2.24, 2.45) is 0 Å². The molecule has 0 unspecified atom stereocenters. The molecule has 0 aliphatic carbocycles. The van der Waals surface area contributed by atoms with E-state index < -0.39 is 0 Å². The highest BCUT2D eigenvalue weighted by atomic mass is 16.5. The monoisotopic (exact) mass is 388 g/mol. The maximum atomic E-state index is 13.1. The molecule has 0 fully saturated rings. The lowest BCUT2D eigenvalue weighted by Crippen LogP contribution is -2.27. The SMILES string of the molecule is COc1ccc(-c2nc3ncc4c(=O)n(-n5c(C)nnc5C)ccc4n3n2)cc1. The smallest absolute Gasteiger partial charge is 0.280 e. The van der Waals surface area contributed by atoms with Gasteiger partial charge in [-0.2, -0.15) is 9.50 Å². The zero-order chi connectivity index (χ0) is 20.1. The van der Waals surface area contributed by atoms with Gasteiger partial charge in [-0.3, -0.25) is 4.79 Å². The van der Waals surface area contributed by atoms with Gasteiger partial charge in [-0.15, -0.1) is 15.3 Å². The summed E-state index contributed by atoms with van der Waals surface area (Å²) in [6.07, 6.45) is 3.19. The van der Waals surface area contributed by atoms with Crippen molar-refractivity contribution in [3.8, 4) is 17.1 Å². The first-order valence-corrected chi connectivity index (χ1v) is 8.87. The van der Waals surface area contributed by atoms with E-state index in [1.54, 1.807) is 42.4 Å². The maximum Gasteiger partial charge on any atom is 0.280 e. The third kappa shape index (κ3) is 2.57. The van der Waals surface area contributed by atoms with Gasteiger partial charge in [-0.25, -0.2) is 14.3 Å². The van der Waals surface area contributed by atoms with E-state index in [9.17, 15) is 4.79 Å². The van der Waals surface area contributed by atoms with Crippen LogP contribution in [0, 0.1) is 13.8 Å². The summed E-state index contributed by atoms with van der Waals surface area (Å²) in [4.78, 5) is 21.9. The van der Waals surface area contributed by atoms with E-state index in [0.717, 1.165) is 11.3 Å². The van der Waals surface area contributed by atoms with Gasteiger partial charge in [0.1, 0.15) is 17.4 Å². The van der Waals surface area contributed by atoms with E-state index in [1.807, 2.05) is 24.3 Å². The fourth-order valence-corrected chi connectivity index (χ4v) is 3.30. The van der Waals surface area contributed by atoms with Crippen molar-refractivity contribution in [3.63, 3.8) is 0 Å². The number of nitrogens with zero attached hydrogens (tertiary/aromatic N) is 8. The number of benzene rings is 1. The topological polar surface area (TPSA) is 105 Å². The van der Waals surface area contributed by atoms with Crippen LogP contribution in [0.5, 0.6) is 5.75 Å². The number of hydrogen-bond donors (Lipinski definition) is 0. The molecule has 10 nitrogen and oxygen atoms in total. The zero-order valence-electron chi connectivity index (χ0n) is 15.9. The molecule has 0 saturated heterocycles. The summed E-state index contributed by atoms with van der Waals surface area (Å²) in [5.41, 5.74) is 1.20. The summed E-state index contributed by atoms with van der Waals surface area (Å²) in [6, 6.07) is 9.24. The molecule has 0 radical (unpaired) electrons. The van der Waals surface area contributed by atoms with Crippen LogP contribution < -0.4 is 10.3 Å². The summed E-state index contributed by atoms with van der Waals surface area (Å²) in [5.74, 6) is 2.90. The Bertz CT molecular complexity index is 1410. The lowest BCUT2D eigenvalue weighted by atomic mass is 10.2. The molecule has 0 amide bonds. The predicted molar refractivity (Wildman–Crippen MR) is 105 cm³/mol. The van der Waals surface area contributed by atoms with Crippen molar-refractivity contribution in [1.29, 1.82) is 0 Å². The second-order valence-corrected chi connectivity index (χ2v) is 6.50. The lowest BCUT2D eigenvalue weighted by molar-refractivity contribution is 0.415. The van der Waals surface area contributed by atoms with Gasteiger partial charge in [0.05, 0.1) is 18.0 Å². The first kappa shape index (κ1) is 17.0. The molecule has 0 N–H and O–H groups in total. The predicted octanol–water partition coefficient (Wildman–Crippen LogP) is 1.63. The Hall–Kier alpha value is -4.08. The van der Waals surface area contributed by atoms with Gasteiger partial charge in [0.15, 0.2) is 5.82 Å². The van der Waals surface area contributed by atoms with Crippen LogP contribution in [0.15, 0.2) is 47.5 Å². The molecule has 4 aromatic heterocycles. The van der Waals surface area contributed by atoms with Crippen molar-refractivity contribution < 1.29 is 4.74 Å². The molecule has 0 bridgehead atoms. The molecule has 29 heavy (non-hydrogen) atoms. The molecule has 1 aromatic carbocycles. The Labute approximate surface area is 164 Å². The Kier molecular flexibility index (Phi) is 3.66. The molecule has 5 rings (SSSR count). The average Bonchev–Trinajstić information content (AvgIpc) is 3.32. The molecule has 4 heterocycles. The Morgan fingerprint density at radius 1 is 1.00 bits per heavy atom. The number of pyridine rings is 1. The molecule has 0 atom stereocenters. The molecule has 5 aromatic rings. The number of aryl methyl sites for hydroxylation is 2. The molecule has 0 spiro atoms. The van der Waals surface area contributed by atoms with Crippen LogP contribution in [-0.2, 0) is 0 Å². The fraction of sp³-hybridized carbons (Fsp3) is 0.158. The lowest BCUT2D eigenvalue weighted by Gasteiger charge is -2.10.